The summed E-state index contributed by atoms with van der Waals surface area (Å²) in [7, 11) is 0. The Morgan fingerprint density at radius 2 is 1.87 bits per heavy atom. The van der Waals surface area contributed by atoms with Crippen molar-refractivity contribution >= 4 is 40.9 Å². The first-order valence-corrected chi connectivity index (χ1v) is 8.09. The summed E-state index contributed by atoms with van der Waals surface area (Å²) in [6, 6.07) is 10.6. The minimum atomic E-state index is -0.622. The van der Waals surface area contributed by atoms with E-state index in [0.29, 0.717) is 11.4 Å². The summed E-state index contributed by atoms with van der Waals surface area (Å²) in [6.07, 6.45) is 0.289. The van der Waals surface area contributed by atoms with Crippen molar-refractivity contribution in [2.24, 2.45) is 5.73 Å². The van der Waals surface area contributed by atoms with Crippen LogP contribution in [0.5, 0.6) is 0 Å². The predicted octanol–water partition coefficient (Wildman–Crippen LogP) is 3.70. The summed E-state index contributed by atoms with van der Waals surface area (Å²) in [6.45, 7) is 0. The van der Waals surface area contributed by atoms with Crippen molar-refractivity contribution in [2.45, 2.75) is 11.3 Å². The molecule has 2 aromatic carbocycles. The van der Waals surface area contributed by atoms with E-state index in [9.17, 15) is 14.0 Å². The van der Waals surface area contributed by atoms with E-state index in [1.54, 1.807) is 18.2 Å². The number of thioether (sulfide) groups is 1. The van der Waals surface area contributed by atoms with Gasteiger partial charge in [0.25, 0.3) is 0 Å². The molecule has 3 N–H and O–H groups in total. The molecule has 2 rings (SSSR count). The minimum absolute atomic E-state index is 0.178. The maximum absolute atomic E-state index is 12.8. The van der Waals surface area contributed by atoms with Crippen LogP contribution in [0.25, 0.3) is 0 Å². The first-order valence-electron chi connectivity index (χ1n) is 6.73. The van der Waals surface area contributed by atoms with Crippen LogP contribution in [0, 0.1) is 5.82 Å². The number of anilines is 1. The fourth-order valence-electron chi connectivity index (χ4n) is 1.81. The average Bonchev–Trinajstić information content (AvgIpc) is 2.49. The van der Waals surface area contributed by atoms with Crippen LogP contribution in [0.3, 0.4) is 0 Å². The lowest BCUT2D eigenvalue weighted by molar-refractivity contribution is -0.115. The Morgan fingerprint density at radius 3 is 2.48 bits per heavy atom. The molecule has 0 saturated heterocycles. The lowest BCUT2D eigenvalue weighted by Gasteiger charge is -2.07. The third-order valence-electron chi connectivity index (χ3n) is 2.93. The van der Waals surface area contributed by atoms with Crippen molar-refractivity contribution in [3.05, 3.63) is 58.9 Å². The first kappa shape index (κ1) is 17.3. The van der Waals surface area contributed by atoms with Crippen LogP contribution >= 0.6 is 23.4 Å². The highest BCUT2D eigenvalue weighted by atomic mass is 35.5. The van der Waals surface area contributed by atoms with Gasteiger partial charge in [0.1, 0.15) is 5.82 Å². The number of hydrogen-bond acceptors (Lipinski definition) is 3. The Balaban J connectivity index is 1.84. The fraction of sp³-hybridized carbons (Fsp3) is 0.125. The van der Waals surface area contributed by atoms with Crippen LogP contribution in [-0.4, -0.2) is 17.6 Å². The number of carbonyl (C=O) groups excluding carboxylic acids is 2. The van der Waals surface area contributed by atoms with Gasteiger partial charge in [-0.25, -0.2) is 4.39 Å². The summed E-state index contributed by atoms with van der Waals surface area (Å²) in [5.74, 6) is -0.528. The Hall–Kier alpha value is -2.05. The summed E-state index contributed by atoms with van der Waals surface area (Å²) in [5, 5.41) is 2.89. The van der Waals surface area contributed by atoms with Gasteiger partial charge in [0.05, 0.1) is 10.6 Å². The number of halogens is 2. The molecule has 2 aromatic rings. The lowest BCUT2D eigenvalue weighted by Crippen LogP contribution is -2.14. The van der Waals surface area contributed by atoms with Gasteiger partial charge < -0.3 is 11.1 Å². The summed E-state index contributed by atoms with van der Waals surface area (Å²) >= 11 is 7.38. The van der Waals surface area contributed by atoms with E-state index in [1.807, 2.05) is 0 Å². The second-order valence-corrected chi connectivity index (χ2v) is 6.23. The van der Waals surface area contributed by atoms with E-state index in [-0.39, 0.29) is 28.7 Å². The highest BCUT2D eigenvalue weighted by molar-refractivity contribution is 7.99. The number of primary amides is 1. The molecular weight excluding hydrogens is 339 g/mol. The SMILES string of the molecule is NC(=O)c1ccc(NC(=O)CCSc2ccc(F)cc2)cc1Cl. The fourth-order valence-corrected chi connectivity index (χ4v) is 2.93. The monoisotopic (exact) mass is 352 g/mol. The molecule has 4 nitrogen and oxygen atoms in total. The van der Waals surface area contributed by atoms with E-state index in [2.05, 4.69) is 5.32 Å². The average molecular weight is 353 g/mol. The number of hydrogen-bond donors (Lipinski definition) is 2. The molecule has 0 aliphatic rings. The van der Waals surface area contributed by atoms with Gasteiger partial charge in [0, 0.05) is 22.8 Å². The third kappa shape index (κ3) is 5.26. The van der Waals surface area contributed by atoms with E-state index >= 15 is 0 Å². The van der Waals surface area contributed by atoms with Crippen LogP contribution in [0.2, 0.25) is 5.02 Å². The van der Waals surface area contributed by atoms with Gasteiger partial charge >= 0.3 is 0 Å². The molecule has 0 atom stereocenters. The van der Waals surface area contributed by atoms with Crippen LogP contribution in [0.1, 0.15) is 16.8 Å². The molecule has 0 aliphatic carbocycles. The van der Waals surface area contributed by atoms with Crippen molar-refractivity contribution < 1.29 is 14.0 Å². The van der Waals surface area contributed by atoms with Gasteiger partial charge in [0.15, 0.2) is 0 Å². The molecule has 2 amide bonds. The Kier molecular flexibility index (Phi) is 6.01. The molecule has 0 radical (unpaired) electrons. The summed E-state index contributed by atoms with van der Waals surface area (Å²) in [5.41, 5.74) is 5.86. The van der Waals surface area contributed by atoms with Crippen LogP contribution in [0.4, 0.5) is 10.1 Å². The van der Waals surface area contributed by atoms with Crippen LogP contribution in [0.15, 0.2) is 47.4 Å². The highest BCUT2D eigenvalue weighted by Crippen LogP contribution is 2.22. The Bertz CT molecular complexity index is 723. The zero-order valence-electron chi connectivity index (χ0n) is 12.0. The molecule has 0 heterocycles. The molecule has 0 aromatic heterocycles. The van der Waals surface area contributed by atoms with Gasteiger partial charge in [0.2, 0.25) is 11.8 Å². The molecule has 7 heteroatoms. The van der Waals surface area contributed by atoms with Gasteiger partial charge in [-0.1, -0.05) is 11.6 Å². The van der Waals surface area contributed by atoms with Crippen molar-refractivity contribution in [3.63, 3.8) is 0 Å². The molecule has 23 heavy (non-hydrogen) atoms. The molecule has 0 fully saturated rings. The largest absolute Gasteiger partial charge is 0.366 e. The standard InChI is InChI=1S/C16H14ClFN2O2S/c17-14-9-11(3-6-13(14)16(19)22)20-15(21)7-8-23-12-4-1-10(18)2-5-12/h1-6,9H,7-8H2,(H2,19,22)(H,20,21). The zero-order chi connectivity index (χ0) is 16.8. The maximum atomic E-state index is 12.8. The number of benzene rings is 2. The smallest absolute Gasteiger partial charge is 0.250 e. The normalized spacial score (nSPS) is 10.3. The summed E-state index contributed by atoms with van der Waals surface area (Å²) < 4.78 is 12.8. The molecule has 0 bridgehead atoms. The van der Waals surface area contributed by atoms with Crippen molar-refractivity contribution in [1.29, 1.82) is 0 Å². The van der Waals surface area contributed by atoms with E-state index < -0.39 is 5.91 Å². The van der Waals surface area contributed by atoms with Gasteiger partial charge in [-0.05, 0) is 42.5 Å². The van der Waals surface area contributed by atoms with E-state index in [1.165, 1.54) is 36.0 Å². The molecular formula is C16H14ClFN2O2S. The van der Waals surface area contributed by atoms with Crippen molar-refractivity contribution in [2.75, 3.05) is 11.1 Å². The predicted molar refractivity (Wildman–Crippen MR) is 90.3 cm³/mol. The number of nitrogens with one attached hydrogen (secondary N) is 1. The molecule has 120 valence electrons. The Morgan fingerprint density at radius 1 is 1.17 bits per heavy atom. The number of nitrogens with two attached hydrogens (primary N) is 1. The van der Waals surface area contributed by atoms with Crippen LogP contribution in [-0.2, 0) is 4.79 Å². The molecule has 0 spiro atoms. The van der Waals surface area contributed by atoms with Crippen molar-refractivity contribution in [3.8, 4) is 0 Å². The first-order chi connectivity index (χ1) is 11.0. The quantitative estimate of drug-likeness (QED) is 0.778. The summed E-state index contributed by atoms with van der Waals surface area (Å²) in [4.78, 5) is 23.8. The second kappa shape index (κ2) is 7.99. The number of amides is 2. The molecule has 0 unspecified atom stereocenters. The van der Waals surface area contributed by atoms with E-state index in [4.69, 9.17) is 17.3 Å². The van der Waals surface area contributed by atoms with Gasteiger partial charge in [-0.3, -0.25) is 9.59 Å². The number of carbonyl (C=O) groups is 2. The van der Waals surface area contributed by atoms with Gasteiger partial charge in [-0.15, -0.1) is 11.8 Å². The maximum Gasteiger partial charge on any atom is 0.250 e. The highest BCUT2D eigenvalue weighted by Gasteiger charge is 2.09. The minimum Gasteiger partial charge on any atom is -0.366 e. The zero-order valence-corrected chi connectivity index (χ0v) is 13.6. The molecule has 0 saturated carbocycles. The van der Waals surface area contributed by atoms with E-state index in [0.717, 1.165) is 4.90 Å². The lowest BCUT2D eigenvalue weighted by atomic mass is 10.2. The van der Waals surface area contributed by atoms with Crippen molar-refractivity contribution in [1.82, 2.24) is 0 Å². The number of rotatable bonds is 6. The topological polar surface area (TPSA) is 72.2 Å². The van der Waals surface area contributed by atoms with Gasteiger partial charge in [-0.2, -0.15) is 0 Å². The third-order valence-corrected chi connectivity index (χ3v) is 4.26. The Labute approximate surface area is 142 Å². The van der Waals surface area contributed by atoms with Crippen LogP contribution < -0.4 is 11.1 Å². The second-order valence-electron chi connectivity index (χ2n) is 4.66. The molecule has 0 aliphatic heterocycles.